The van der Waals surface area contributed by atoms with Gasteiger partial charge in [0.05, 0.1) is 0 Å². The second kappa shape index (κ2) is 8.07. The maximum absolute atomic E-state index is 13.7. The number of amides is 4. The van der Waals surface area contributed by atoms with Crippen molar-refractivity contribution in [2.75, 3.05) is 13.1 Å². The van der Waals surface area contributed by atoms with E-state index in [1.807, 2.05) is 0 Å². The smallest absolute Gasteiger partial charge is 0.274 e. The van der Waals surface area contributed by atoms with Crippen LogP contribution in [0.5, 0.6) is 0 Å². The number of carbonyl (C=O) groups excluding carboxylic acids is 3. The van der Waals surface area contributed by atoms with Crippen molar-refractivity contribution in [3.05, 3.63) is 71.3 Å². The summed E-state index contributed by atoms with van der Waals surface area (Å²) in [5.41, 5.74) is 0.765. The number of rotatable bonds is 6. The van der Waals surface area contributed by atoms with Gasteiger partial charge < -0.3 is 0 Å². The van der Waals surface area contributed by atoms with E-state index in [0.29, 0.717) is 11.1 Å². The lowest BCUT2D eigenvalue weighted by Gasteiger charge is -2.32. The van der Waals surface area contributed by atoms with Crippen molar-refractivity contribution in [3.8, 4) is 0 Å². The Labute approximate surface area is 155 Å². The SMILES string of the molecule is O=C1CC(=O)N(CCc2ccccc2F)C(=O)N1CCc1ccccc1F. The average molecular weight is 372 g/mol. The molecule has 0 spiro atoms. The van der Waals surface area contributed by atoms with Gasteiger partial charge in [0.1, 0.15) is 18.1 Å². The number of barbiturate groups is 1. The molecule has 7 heteroatoms. The van der Waals surface area contributed by atoms with Gasteiger partial charge in [-0.15, -0.1) is 0 Å². The molecule has 4 amide bonds. The molecule has 1 aliphatic rings. The maximum atomic E-state index is 13.7. The van der Waals surface area contributed by atoms with E-state index in [-0.39, 0.29) is 25.9 Å². The van der Waals surface area contributed by atoms with Gasteiger partial charge in [-0.3, -0.25) is 19.4 Å². The normalized spacial score (nSPS) is 14.8. The van der Waals surface area contributed by atoms with Crippen LogP contribution in [0.2, 0.25) is 0 Å². The van der Waals surface area contributed by atoms with Crippen molar-refractivity contribution in [2.45, 2.75) is 19.3 Å². The molecule has 1 aliphatic heterocycles. The van der Waals surface area contributed by atoms with Crippen LogP contribution in [0.25, 0.3) is 0 Å². The van der Waals surface area contributed by atoms with Crippen LogP contribution in [0.4, 0.5) is 13.6 Å². The predicted octanol–water partition coefficient (Wildman–Crippen LogP) is 2.93. The summed E-state index contributed by atoms with van der Waals surface area (Å²) in [6.07, 6.45) is -0.126. The van der Waals surface area contributed by atoms with E-state index in [1.54, 1.807) is 36.4 Å². The van der Waals surface area contributed by atoms with E-state index >= 15 is 0 Å². The van der Waals surface area contributed by atoms with Crippen LogP contribution in [0.15, 0.2) is 48.5 Å². The van der Waals surface area contributed by atoms with Crippen molar-refractivity contribution < 1.29 is 23.2 Å². The molecule has 0 bridgehead atoms. The predicted molar refractivity (Wildman–Crippen MR) is 93.6 cm³/mol. The lowest BCUT2D eigenvalue weighted by Crippen LogP contribution is -2.55. The number of hydrogen-bond acceptors (Lipinski definition) is 3. The van der Waals surface area contributed by atoms with E-state index in [9.17, 15) is 23.2 Å². The highest BCUT2D eigenvalue weighted by atomic mass is 19.1. The monoisotopic (exact) mass is 372 g/mol. The summed E-state index contributed by atoms with van der Waals surface area (Å²) in [5.74, 6) is -2.05. The topological polar surface area (TPSA) is 57.7 Å². The van der Waals surface area contributed by atoms with Crippen molar-refractivity contribution in [1.82, 2.24) is 9.80 Å². The molecule has 2 aromatic rings. The Kier molecular flexibility index (Phi) is 5.59. The first-order chi connectivity index (χ1) is 13.0. The van der Waals surface area contributed by atoms with Gasteiger partial charge in [-0.05, 0) is 36.1 Å². The van der Waals surface area contributed by atoms with Crippen molar-refractivity contribution in [1.29, 1.82) is 0 Å². The van der Waals surface area contributed by atoms with Crippen LogP contribution in [0.1, 0.15) is 17.5 Å². The second-order valence-corrected chi connectivity index (χ2v) is 6.23. The van der Waals surface area contributed by atoms with Gasteiger partial charge >= 0.3 is 6.03 Å². The molecule has 5 nitrogen and oxygen atoms in total. The summed E-state index contributed by atoms with van der Waals surface area (Å²) in [5, 5.41) is 0. The fourth-order valence-electron chi connectivity index (χ4n) is 2.99. The molecule has 0 N–H and O–H groups in total. The number of hydrogen-bond donors (Lipinski definition) is 0. The summed E-state index contributed by atoms with van der Waals surface area (Å²) >= 11 is 0. The van der Waals surface area contributed by atoms with Crippen LogP contribution in [-0.2, 0) is 22.4 Å². The molecular weight excluding hydrogens is 354 g/mol. The zero-order valence-corrected chi connectivity index (χ0v) is 14.5. The van der Waals surface area contributed by atoms with Gasteiger partial charge in [0.2, 0.25) is 11.8 Å². The Bertz CT molecular complexity index is 816. The number of halogens is 2. The first kappa shape index (κ1) is 18.7. The van der Waals surface area contributed by atoms with E-state index in [4.69, 9.17) is 0 Å². The minimum Gasteiger partial charge on any atom is -0.274 e. The van der Waals surface area contributed by atoms with Crippen molar-refractivity contribution in [2.24, 2.45) is 0 Å². The van der Waals surface area contributed by atoms with Gasteiger partial charge in [-0.2, -0.15) is 0 Å². The molecule has 27 heavy (non-hydrogen) atoms. The van der Waals surface area contributed by atoms with Crippen molar-refractivity contribution >= 4 is 17.8 Å². The lowest BCUT2D eigenvalue weighted by atomic mass is 10.1. The quantitative estimate of drug-likeness (QED) is 0.733. The molecule has 2 aromatic carbocycles. The third-order valence-corrected chi connectivity index (χ3v) is 4.49. The molecule has 1 fully saturated rings. The average Bonchev–Trinajstić information content (AvgIpc) is 2.64. The minimum absolute atomic E-state index is 0.0257. The number of carbonyl (C=O) groups is 3. The molecule has 0 unspecified atom stereocenters. The van der Waals surface area contributed by atoms with Crippen LogP contribution in [0, 0.1) is 11.6 Å². The Hall–Kier alpha value is -3.09. The standard InChI is InChI=1S/C20H18F2N2O3/c21-16-7-3-1-5-14(16)9-11-23-18(25)13-19(26)24(20(23)27)12-10-15-6-2-4-8-17(15)22/h1-8H,9-13H2. The highest BCUT2D eigenvalue weighted by Crippen LogP contribution is 2.16. The summed E-state index contributed by atoms with van der Waals surface area (Å²) < 4.78 is 27.5. The molecule has 1 heterocycles. The molecule has 0 radical (unpaired) electrons. The van der Waals surface area contributed by atoms with Crippen molar-refractivity contribution in [3.63, 3.8) is 0 Å². The van der Waals surface area contributed by atoms with E-state index < -0.39 is 35.9 Å². The van der Waals surface area contributed by atoms with Crippen LogP contribution < -0.4 is 0 Å². The fourth-order valence-corrected chi connectivity index (χ4v) is 2.99. The Balaban J connectivity index is 1.68. The molecule has 0 atom stereocenters. The third-order valence-electron chi connectivity index (χ3n) is 4.49. The molecule has 140 valence electrons. The summed E-state index contributed by atoms with van der Waals surface area (Å²) in [6, 6.07) is 11.5. The van der Waals surface area contributed by atoms with Gasteiger partial charge in [0, 0.05) is 13.1 Å². The summed E-state index contributed by atoms with van der Waals surface area (Å²) in [4.78, 5) is 38.7. The second-order valence-electron chi connectivity index (χ2n) is 6.23. The molecule has 0 aliphatic carbocycles. The number of benzene rings is 2. The van der Waals surface area contributed by atoms with Gasteiger partial charge in [0.15, 0.2) is 0 Å². The van der Waals surface area contributed by atoms with E-state index in [0.717, 1.165) is 9.80 Å². The third kappa shape index (κ3) is 4.19. The summed E-state index contributed by atoms with van der Waals surface area (Å²) in [7, 11) is 0. The summed E-state index contributed by atoms with van der Waals surface area (Å²) in [6.45, 7) is -0.0514. The van der Waals surface area contributed by atoms with Crippen LogP contribution >= 0.6 is 0 Å². The van der Waals surface area contributed by atoms with Gasteiger partial charge in [0.25, 0.3) is 0 Å². The molecular formula is C20H18F2N2O3. The van der Waals surface area contributed by atoms with E-state index in [1.165, 1.54) is 12.1 Å². The highest BCUT2D eigenvalue weighted by Gasteiger charge is 2.37. The number of nitrogens with zero attached hydrogens (tertiary/aromatic N) is 2. The fraction of sp³-hybridized carbons (Fsp3) is 0.250. The minimum atomic E-state index is -0.746. The van der Waals surface area contributed by atoms with Gasteiger partial charge in [-0.1, -0.05) is 36.4 Å². The van der Waals surface area contributed by atoms with E-state index in [2.05, 4.69) is 0 Å². The van der Waals surface area contributed by atoms with Gasteiger partial charge in [-0.25, -0.2) is 13.6 Å². The first-order valence-corrected chi connectivity index (χ1v) is 8.59. The zero-order valence-electron chi connectivity index (χ0n) is 14.5. The zero-order chi connectivity index (χ0) is 19.4. The number of imide groups is 2. The molecule has 3 rings (SSSR count). The molecule has 0 aromatic heterocycles. The van der Waals surface area contributed by atoms with Crippen LogP contribution in [-0.4, -0.2) is 40.7 Å². The molecule has 0 saturated carbocycles. The first-order valence-electron chi connectivity index (χ1n) is 8.59. The molecule has 1 saturated heterocycles. The number of urea groups is 1. The maximum Gasteiger partial charge on any atom is 0.333 e. The largest absolute Gasteiger partial charge is 0.333 e. The Morgan fingerprint density at radius 2 is 1.11 bits per heavy atom. The lowest BCUT2D eigenvalue weighted by molar-refractivity contribution is -0.142. The van der Waals surface area contributed by atoms with Crippen LogP contribution in [0.3, 0.4) is 0 Å². The highest BCUT2D eigenvalue weighted by molar-refractivity contribution is 6.14. The Morgan fingerprint density at radius 3 is 1.52 bits per heavy atom. The Morgan fingerprint density at radius 1 is 0.704 bits per heavy atom.